The Morgan fingerprint density at radius 2 is 1.37 bits per heavy atom. The molecule has 0 spiro atoms. The minimum atomic E-state index is 0.235. The molecule has 41 heavy (non-hydrogen) atoms. The van der Waals surface area contributed by atoms with Crippen molar-refractivity contribution in [1.29, 1.82) is 0 Å². The predicted molar refractivity (Wildman–Crippen MR) is 170 cm³/mol. The SMILES string of the molecule is CCN1CCN(CC)CCN(CC)C(Cc2ccc(Nc3nc(N)nc(N4CCNCC4)n3)cc2)CN(CC)CC1. The van der Waals surface area contributed by atoms with E-state index in [1.54, 1.807) is 0 Å². The van der Waals surface area contributed by atoms with Crippen molar-refractivity contribution in [3.8, 4) is 0 Å². The topological polar surface area (TPSA) is 105 Å². The molecule has 0 radical (unpaired) electrons. The molecule has 11 heteroatoms. The molecule has 1 aromatic carbocycles. The minimum absolute atomic E-state index is 0.235. The molecule has 1 atom stereocenters. The van der Waals surface area contributed by atoms with Crippen molar-refractivity contribution < 1.29 is 0 Å². The normalized spacial score (nSPS) is 21.4. The van der Waals surface area contributed by atoms with Gasteiger partial charge in [0.1, 0.15) is 0 Å². The van der Waals surface area contributed by atoms with Crippen LogP contribution in [-0.4, -0.2) is 139 Å². The molecule has 0 aliphatic carbocycles. The van der Waals surface area contributed by atoms with Gasteiger partial charge in [0.05, 0.1) is 0 Å². The molecule has 3 heterocycles. The van der Waals surface area contributed by atoms with Crippen molar-refractivity contribution in [2.45, 2.75) is 40.2 Å². The second kappa shape index (κ2) is 16.2. The van der Waals surface area contributed by atoms with Crippen LogP contribution in [0.15, 0.2) is 24.3 Å². The summed E-state index contributed by atoms with van der Waals surface area (Å²) in [7, 11) is 0. The second-order valence-corrected chi connectivity index (χ2v) is 11.1. The van der Waals surface area contributed by atoms with Crippen LogP contribution in [0, 0.1) is 0 Å². The number of nitrogens with one attached hydrogen (secondary N) is 2. The summed E-state index contributed by atoms with van der Waals surface area (Å²) in [5, 5.41) is 6.70. The van der Waals surface area contributed by atoms with E-state index >= 15 is 0 Å². The van der Waals surface area contributed by atoms with Crippen LogP contribution in [0.3, 0.4) is 0 Å². The van der Waals surface area contributed by atoms with Crippen LogP contribution in [0.1, 0.15) is 33.3 Å². The van der Waals surface area contributed by atoms with Crippen molar-refractivity contribution in [1.82, 2.24) is 39.9 Å². The average Bonchev–Trinajstić information content (AvgIpc) is 2.99. The Morgan fingerprint density at radius 1 is 0.756 bits per heavy atom. The smallest absolute Gasteiger partial charge is 0.233 e. The lowest BCUT2D eigenvalue weighted by Crippen LogP contribution is -2.50. The highest BCUT2D eigenvalue weighted by Crippen LogP contribution is 2.20. The number of rotatable bonds is 9. The molecule has 4 N–H and O–H groups in total. The van der Waals surface area contributed by atoms with Gasteiger partial charge in [0.25, 0.3) is 0 Å². The van der Waals surface area contributed by atoms with E-state index in [1.807, 2.05) is 0 Å². The molecule has 4 rings (SSSR count). The number of nitrogens with zero attached hydrogens (tertiary/aromatic N) is 8. The third-order valence-electron chi connectivity index (χ3n) is 8.62. The number of hydrogen-bond acceptors (Lipinski definition) is 11. The molecule has 0 bridgehead atoms. The fourth-order valence-corrected chi connectivity index (χ4v) is 5.84. The summed E-state index contributed by atoms with van der Waals surface area (Å²) in [5.41, 5.74) is 8.33. The Kier molecular flexibility index (Phi) is 12.4. The Labute approximate surface area is 247 Å². The molecule has 1 aromatic heterocycles. The number of likely N-dealkylation sites (N-methyl/N-ethyl adjacent to an activating group) is 4. The van der Waals surface area contributed by atoms with Gasteiger partial charge in [0.15, 0.2) is 0 Å². The van der Waals surface area contributed by atoms with Crippen molar-refractivity contribution in [2.75, 3.05) is 114 Å². The molecule has 228 valence electrons. The summed E-state index contributed by atoms with van der Waals surface area (Å²) in [6.45, 7) is 25.0. The first kappa shape index (κ1) is 31.4. The standard InChI is InChI=1S/C30H53N11/c1-5-37-17-18-38(6-2)21-22-40(8-4)27(24-39(7-3)20-19-37)23-25-9-11-26(12-10-25)33-29-34-28(31)35-30(36-29)41-15-13-32-14-16-41/h9-12,27,32H,5-8,13-24H2,1-4H3,(H3,31,33,34,35,36). The summed E-state index contributed by atoms with van der Waals surface area (Å²) >= 11 is 0. The van der Waals surface area contributed by atoms with Gasteiger partial charge in [-0.15, -0.1) is 0 Å². The summed E-state index contributed by atoms with van der Waals surface area (Å²) < 4.78 is 0. The highest BCUT2D eigenvalue weighted by atomic mass is 15.3. The second-order valence-electron chi connectivity index (χ2n) is 11.1. The zero-order valence-electron chi connectivity index (χ0n) is 25.9. The third kappa shape index (κ3) is 9.47. The Morgan fingerprint density at radius 3 is 1.98 bits per heavy atom. The molecular weight excluding hydrogens is 514 g/mol. The zero-order chi connectivity index (χ0) is 29.0. The number of piperazine rings is 1. The average molecular weight is 568 g/mol. The molecule has 2 aliphatic rings. The van der Waals surface area contributed by atoms with Crippen LogP contribution in [-0.2, 0) is 6.42 Å². The largest absolute Gasteiger partial charge is 0.368 e. The molecule has 1 unspecified atom stereocenters. The Balaban J connectivity index is 1.45. The van der Waals surface area contributed by atoms with E-state index in [9.17, 15) is 0 Å². The van der Waals surface area contributed by atoms with E-state index in [2.05, 4.69) is 102 Å². The van der Waals surface area contributed by atoms with Crippen molar-refractivity contribution in [3.63, 3.8) is 0 Å². The first-order chi connectivity index (χ1) is 20.0. The maximum Gasteiger partial charge on any atom is 0.233 e. The van der Waals surface area contributed by atoms with E-state index in [0.29, 0.717) is 17.9 Å². The molecule has 0 amide bonds. The van der Waals surface area contributed by atoms with Crippen LogP contribution in [0.5, 0.6) is 0 Å². The minimum Gasteiger partial charge on any atom is -0.368 e. The molecule has 11 nitrogen and oxygen atoms in total. The van der Waals surface area contributed by atoms with E-state index in [4.69, 9.17) is 5.73 Å². The summed E-state index contributed by atoms with van der Waals surface area (Å²) in [6.07, 6.45) is 1.03. The van der Waals surface area contributed by atoms with Gasteiger partial charge in [-0.3, -0.25) is 4.90 Å². The maximum atomic E-state index is 6.03. The first-order valence-corrected chi connectivity index (χ1v) is 15.8. The van der Waals surface area contributed by atoms with Crippen LogP contribution >= 0.6 is 0 Å². The lowest BCUT2D eigenvalue weighted by atomic mass is 10.0. The molecule has 2 fully saturated rings. The van der Waals surface area contributed by atoms with Crippen LogP contribution in [0.25, 0.3) is 0 Å². The molecule has 2 aromatic rings. The van der Waals surface area contributed by atoms with E-state index in [0.717, 1.165) is 110 Å². The van der Waals surface area contributed by atoms with Gasteiger partial charge in [-0.2, -0.15) is 15.0 Å². The van der Waals surface area contributed by atoms with Crippen molar-refractivity contribution in [2.24, 2.45) is 0 Å². The van der Waals surface area contributed by atoms with E-state index < -0.39 is 0 Å². The van der Waals surface area contributed by atoms with Gasteiger partial charge >= 0.3 is 0 Å². The van der Waals surface area contributed by atoms with Crippen LogP contribution < -0.4 is 21.3 Å². The number of aromatic nitrogens is 3. The van der Waals surface area contributed by atoms with Gasteiger partial charge in [-0.05, 0) is 50.3 Å². The highest BCUT2D eigenvalue weighted by Gasteiger charge is 2.23. The number of nitrogen functional groups attached to an aromatic ring is 1. The summed E-state index contributed by atoms with van der Waals surface area (Å²) in [6, 6.07) is 9.20. The lowest BCUT2D eigenvalue weighted by molar-refractivity contribution is 0.105. The molecule has 0 saturated carbocycles. The summed E-state index contributed by atoms with van der Waals surface area (Å²) in [4.78, 5) is 26.1. The van der Waals surface area contributed by atoms with E-state index in [-0.39, 0.29) is 5.95 Å². The quantitative estimate of drug-likeness (QED) is 0.413. The predicted octanol–water partition coefficient (Wildman–Crippen LogP) is 1.82. The Hall–Kier alpha value is -2.57. The monoisotopic (exact) mass is 567 g/mol. The van der Waals surface area contributed by atoms with Gasteiger partial charge in [-0.1, -0.05) is 39.8 Å². The number of hydrogen-bond donors (Lipinski definition) is 3. The lowest BCUT2D eigenvalue weighted by Gasteiger charge is -2.38. The van der Waals surface area contributed by atoms with Crippen molar-refractivity contribution in [3.05, 3.63) is 29.8 Å². The van der Waals surface area contributed by atoms with Gasteiger partial charge < -0.3 is 36.0 Å². The Bertz CT molecular complexity index is 1030. The van der Waals surface area contributed by atoms with Gasteiger partial charge in [0, 0.05) is 83.7 Å². The van der Waals surface area contributed by atoms with Gasteiger partial charge in [0.2, 0.25) is 17.8 Å². The van der Waals surface area contributed by atoms with Crippen molar-refractivity contribution >= 4 is 23.5 Å². The molecule has 2 aliphatic heterocycles. The maximum absolute atomic E-state index is 6.03. The third-order valence-corrected chi connectivity index (χ3v) is 8.62. The van der Waals surface area contributed by atoms with Crippen LogP contribution in [0.4, 0.5) is 23.5 Å². The zero-order valence-corrected chi connectivity index (χ0v) is 25.9. The van der Waals surface area contributed by atoms with Gasteiger partial charge in [-0.25, -0.2) is 0 Å². The fourth-order valence-electron chi connectivity index (χ4n) is 5.84. The summed E-state index contributed by atoms with van der Waals surface area (Å²) in [5.74, 6) is 1.35. The molecular formula is C30H53N11. The molecule has 2 saturated heterocycles. The van der Waals surface area contributed by atoms with Crippen LogP contribution in [0.2, 0.25) is 0 Å². The number of nitrogens with two attached hydrogens (primary N) is 1. The highest BCUT2D eigenvalue weighted by molar-refractivity contribution is 5.56. The fraction of sp³-hybridized carbons (Fsp3) is 0.700. The first-order valence-electron chi connectivity index (χ1n) is 15.8. The number of benzene rings is 1. The number of anilines is 4. The van der Waals surface area contributed by atoms with E-state index in [1.165, 1.54) is 5.56 Å².